The number of hydrogen-bond acceptors (Lipinski definition) is 3. The number of ether oxygens (including phenoxy) is 1. The zero-order chi connectivity index (χ0) is 10.3. The van der Waals surface area contributed by atoms with Gasteiger partial charge in [-0.05, 0) is 40.3 Å². The van der Waals surface area contributed by atoms with Crippen molar-refractivity contribution in [3.05, 3.63) is 0 Å². The lowest BCUT2D eigenvalue weighted by molar-refractivity contribution is 0.0909. The lowest BCUT2D eigenvalue weighted by Gasteiger charge is -2.30. The summed E-state index contributed by atoms with van der Waals surface area (Å²) in [5.74, 6) is 0. The van der Waals surface area contributed by atoms with Gasteiger partial charge in [0, 0.05) is 19.2 Å². The number of likely N-dealkylation sites (N-methyl/N-ethyl adjacent to an activating group) is 1. The summed E-state index contributed by atoms with van der Waals surface area (Å²) in [5.41, 5.74) is 5.47. The molecule has 0 saturated heterocycles. The average Bonchev–Trinajstić information content (AvgIpc) is 2.13. The molecule has 0 fully saturated rings. The van der Waals surface area contributed by atoms with Crippen molar-refractivity contribution in [2.45, 2.75) is 38.8 Å². The van der Waals surface area contributed by atoms with Gasteiger partial charge in [0.05, 0.1) is 6.61 Å². The number of nitrogens with two attached hydrogens (primary N) is 1. The first-order valence-corrected chi connectivity index (χ1v) is 5.04. The largest absolute Gasteiger partial charge is 0.383 e. The fraction of sp³-hybridized carbons (Fsp3) is 1.00. The van der Waals surface area contributed by atoms with Crippen LogP contribution in [0.25, 0.3) is 0 Å². The Morgan fingerprint density at radius 3 is 2.38 bits per heavy atom. The van der Waals surface area contributed by atoms with Gasteiger partial charge in [-0.3, -0.25) is 4.90 Å². The second-order valence-corrected chi connectivity index (χ2v) is 3.75. The highest BCUT2D eigenvalue weighted by Crippen LogP contribution is 2.07. The Morgan fingerprint density at radius 2 is 1.92 bits per heavy atom. The molecular formula is C10H24N2O. The zero-order valence-electron chi connectivity index (χ0n) is 9.42. The molecule has 0 aromatic rings. The highest BCUT2D eigenvalue weighted by Gasteiger charge is 2.14. The van der Waals surface area contributed by atoms with E-state index in [-0.39, 0.29) is 0 Å². The second kappa shape index (κ2) is 7.30. The monoisotopic (exact) mass is 188 g/mol. The molecule has 3 nitrogen and oxygen atoms in total. The van der Waals surface area contributed by atoms with Crippen LogP contribution >= 0.6 is 0 Å². The highest BCUT2D eigenvalue weighted by molar-refractivity contribution is 4.69. The maximum atomic E-state index is 5.47. The van der Waals surface area contributed by atoms with Gasteiger partial charge in [0.15, 0.2) is 0 Å². The van der Waals surface area contributed by atoms with Gasteiger partial charge in [0.1, 0.15) is 0 Å². The molecular weight excluding hydrogens is 164 g/mol. The summed E-state index contributed by atoms with van der Waals surface area (Å²) in [7, 11) is 3.89. The van der Waals surface area contributed by atoms with Crippen LogP contribution in [0.5, 0.6) is 0 Å². The van der Waals surface area contributed by atoms with Crippen molar-refractivity contribution in [3.8, 4) is 0 Å². The molecule has 80 valence electrons. The summed E-state index contributed by atoms with van der Waals surface area (Å²) in [6.45, 7) is 6.00. The van der Waals surface area contributed by atoms with E-state index in [2.05, 4.69) is 25.8 Å². The van der Waals surface area contributed by atoms with Crippen molar-refractivity contribution >= 4 is 0 Å². The Bertz CT molecular complexity index is 119. The zero-order valence-corrected chi connectivity index (χ0v) is 9.42. The van der Waals surface area contributed by atoms with Gasteiger partial charge in [0.25, 0.3) is 0 Å². The van der Waals surface area contributed by atoms with Crippen LogP contribution < -0.4 is 5.73 Å². The van der Waals surface area contributed by atoms with Gasteiger partial charge in [-0.1, -0.05) is 0 Å². The summed E-state index contributed by atoms with van der Waals surface area (Å²) in [6.07, 6.45) is 2.27. The second-order valence-electron chi connectivity index (χ2n) is 3.75. The van der Waals surface area contributed by atoms with Gasteiger partial charge < -0.3 is 10.5 Å². The maximum Gasteiger partial charge on any atom is 0.0615 e. The van der Waals surface area contributed by atoms with Gasteiger partial charge >= 0.3 is 0 Å². The fourth-order valence-corrected chi connectivity index (χ4v) is 1.41. The van der Waals surface area contributed by atoms with E-state index in [1.54, 1.807) is 7.11 Å². The van der Waals surface area contributed by atoms with E-state index < -0.39 is 0 Å². The van der Waals surface area contributed by atoms with Crippen LogP contribution in [0, 0.1) is 0 Å². The molecule has 13 heavy (non-hydrogen) atoms. The minimum atomic E-state index is 0.484. The Hall–Kier alpha value is -0.120. The Balaban J connectivity index is 3.71. The summed E-state index contributed by atoms with van der Waals surface area (Å²) in [5, 5.41) is 0. The first-order valence-electron chi connectivity index (χ1n) is 5.04. The smallest absolute Gasteiger partial charge is 0.0615 e. The van der Waals surface area contributed by atoms with E-state index in [0.717, 1.165) is 19.6 Å². The van der Waals surface area contributed by atoms with E-state index in [1.165, 1.54) is 6.42 Å². The van der Waals surface area contributed by atoms with Crippen LogP contribution in [0.4, 0.5) is 0 Å². The van der Waals surface area contributed by atoms with E-state index in [0.29, 0.717) is 12.1 Å². The Kier molecular flexibility index (Phi) is 7.23. The van der Waals surface area contributed by atoms with Crippen LogP contribution in [0.15, 0.2) is 0 Å². The predicted molar refractivity (Wildman–Crippen MR) is 56.9 cm³/mol. The van der Waals surface area contributed by atoms with Gasteiger partial charge in [-0.15, -0.1) is 0 Å². The molecule has 0 aliphatic heterocycles. The van der Waals surface area contributed by atoms with Crippen LogP contribution in [0.1, 0.15) is 26.7 Å². The van der Waals surface area contributed by atoms with Crippen molar-refractivity contribution in [3.63, 3.8) is 0 Å². The normalized spacial score (nSPS) is 16.2. The van der Waals surface area contributed by atoms with E-state index in [1.807, 2.05) is 0 Å². The van der Waals surface area contributed by atoms with Crippen LogP contribution in [0.2, 0.25) is 0 Å². The first-order chi connectivity index (χ1) is 6.13. The van der Waals surface area contributed by atoms with Crippen LogP contribution in [-0.4, -0.2) is 44.3 Å². The Labute approximate surface area is 82.2 Å². The summed E-state index contributed by atoms with van der Waals surface area (Å²) < 4.78 is 5.11. The number of nitrogens with zero attached hydrogens (tertiary/aromatic N) is 1. The van der Waals surface area contributed by atoms with E-state index >= 15 is 0 Å². The third-order valence-corrected chi connectivity index (χ3v) is 2.62. The number of rotatable bonds is 7. The molecule has 0 aromatic heterocycles. The fourth-order valence-electron chi connectivity index (χ4n) is 1.41. The summed E-state index contributed by atoms with van der Waals surface area (Å²) >= 11 is 0. The molecule has 0 saturated carbocycles. The standard InChI is InChI=1S/C10H24N2O/c1-9(6-5-7-11)12(3)10(2)8-13-4/h9-10H,5-8,11H2,1-4H3. The third kappa shape index (κ3) is 5.24. The van der Waals surface area contributed by atoms with E-state index in [9.17, 15) is 0 Å². The predicted octanol–water partition coefficient (Wildman–Crippen LogP) is 1.08. The molecule has 2 N–H and O–H groups in total. The molecule has 0 aliphatic carbocycles. The van der Waals surface area contributed by atoms with Crippen LogP contribution in [0.3, 0.4) is 0 Å². The van der Waals surface area contributed by atoms with E-state index in [4.69, 9.17) is 10.5 Å². The molecule has 0 spiro atoms. The van der Waals surface area contributed by atoms with Crippen molar-refractivity contribution in [1.29, 1.82) is 0 Å². The molecule has 0 aliphatic rings. The third-order valence-electron chi connectivity index (χ3n) is 2.62. The SMILES string of the molecule is COCC(C)N(C)C(C)CCCN. The van der Waals surface area contributed by atoms with Crippen molar-refractivity contribution in [2.24, 2.45) is 5.73 Å². The molecule has 0 aromatic carbocycles. The van der Waals surface area contributed by atoms with Crippen molar-refractivity contribution in [2.75, 3.05) is 27.3 Å². The minimum absolute atomic E-state index is 0.484. The quantitative estimate of drug-likeness (QED) is 0.650. The van der Waals surface area contributed by atoms with Gasteiger partial charge in [0.2, 0.25) is 0 Å². The number of hydrogen-bond donors (Lipinski definition) is 1. The first kappa shape index (κ1) is 12.9. The molecule has 0 bridgehead atoms. The Morgan fingerprint density at radius 1 is 1.31 bits per heavy atom. The lowest BCUT2D eigenvalue weighted by atomic mass is 10.1. The lowest BCUT2D eigenvalue weighted by Crippen LogP contribution is -2.39. The van der Waals surface area contributed by atoms with Gasteiger partial charge in [-0.25, -0.2) is 0 Å². The molecule has 3 heteroatoms. The molecule has 0 amide bonds. The highest BCUT2D eigenvalue weighted by atomic mass is 16.5. The molecule has 0 rings (SSSR count). The van der Waals surface area contributed by atoms with Gasteiger partial charge in [-0.2, -0.15) is 0 Å². The molecule has 2 atom stereocenters. The van der Waals surface area contributed by atoms with Crippen LogP contribution in [-0.2, 0) is 4.74 Å². The average molecular weight is 188 g/mol. The molecule has 0 heterocycles. The molecule has 0 radical (unpaired) electrons. The maximum absolute atomic E-state index is 5.47. The molecule has 2 unspecified atom stereocenters. The summed E-state index contributed by atoms with van der Waals surface area (Å²) in [6, 6.07) is 1.08. The van der Waals surface area contributed by atoms with Crippen molar-refractivity contribution < 1.29 is 4.74 Å². The number of methoxy groups -OCH3 is 1. The topological polar surface area (TPSA) is 38.5 Å². The summed E-state index contributed by atoms with van der Waals surface area (Å²) in [4.78, 5) is 2.35. The minimum Gasteiger partial charge on any atom is -0.383 e. The van der Waals surface area contributed by atoms with Crippen molar-refractivity contribution in [1.82, 2.24) is 4.90 Å².